The largest absolute Gasteiger partial charge is 0.493 e. The summed E-state index contributed by atoms with van der Waals surface area (Å²) in [6.07, 6.45) is 2.00. The van der Waals surface area contributed by atoms with Crippen LogP contribution in [0, 0.1) is 6.92 Å². The summed E-state index contributed by atoms with van der Waals surface area (Å²) >= 11 is 0. The number of nitrogens with zero attached hydrogens (tertiary/aromatic N) is 3. The molecule has 1 N–H and O–H groups in total. The highest BCUT2D eigenvalue weighted by Crippen LogP contribution is 2.16. The van der Waals surface area contributed by atoms with Crippen LogP contribution in [0.4, 0.5) is 0 Å². The fourth-order valence-corrected chi connectivity index (χ4v) is 3.38. The van der Waals surface area contributed by atoms with Crippen LogP contribution in [-0.2, 0) is 28.0 Å². The molecule has 148 valence electrons. The van der Waals surface area contributed by atoms with Crippen molar-refractivity contribution < 1.29 is 27.5 Å². The van der Waals surface area contributed by atoms with Crippen molar-refractivity contribution in [1.29, 1.82) is 0 Å². The predicted molar refractivity (Wildman–Crippen MR) is 97.5 cm³/mol. The van der Waals surface area contributed by atoms with Gasteiger partial charge in [0.1, 0.15) is 18.1 Å². The lowest BCUT2D eigenvalue weighted by Gasteiger charge is -2.24. The second-order valence-electron chi connectivity index (χ2n) is 6.05. The molecule has 0 aliphatic rings. The minimum Gasteiger partial charge on any atom is -0.493 e. The summed E-state index contributed by atoms with van der Waals surface area (Å²) < 4.78 is 37.2. The Balaban J connectivity index is 1.98. The van der Waals surface area contributed by atoms with E-state index in [4.69, 9.17) is 14.3 Å². The van der Waals surface area contributed by atoms with Gasteiger partial charge in [0, 0.05) is 27.1 Å². The minimum atomic E-state index is -3.85. The molecular formula is C17H23N3O6S. The van der Waals surface area contributed by atoms with Crippen LogP contribution in [0.1, 0.15) is 17.0 Å². The van der Waals surface area contributed by atoms with Gasteiger partial charge in [0.15, 0.2) is 6.39 Å². The molecule has 0 bridgehead atoms. The fraction of sp³-hybridized carbons (Fsp3) is 0.412. The Hall–Kier alpha value is -2.43. The van der Waals surface area contributed by atoms with Gasteiger partial charge in [-0.25, -0.2) is 4.98 Å². The first-order valence-corrected chi connectivity index (χ1v) is 9.60. The molecule has 0 radical (unpaired) electrons. The lowest BCUT2D eigenvalue weighted by Crippen LogP contribution is -2.42. The van der Waals surface area contributed by atoms with Gasteiger partial charge < -0.3 is 14.3 Å². The van der Waals surface area contributed by atoms with E-state index in [-0.39, 0.29) is 6.54 Å². The van der Waals surface area contributed by atoms with Crippen molar-refractivity contribution in [2.75, 3.05) is 27.2 Å². The summed E-state index contributed by atoms with van der Waals surface area (Å²) in [5.41, 5.74) is 1.49. The van der Waals surface area contributed by atoms with Gasteiger partial charge >= 0.3 is 5.97 Å². The van der Waals surface area contributed by atoms with Gasteiger partial charge in [0.25, 0.3) is 10.2 Å². The van der Waals surface area contributed by atoms with Crippen LogP contribution in [-0.4, -0.2) is 60.3 Å². The third kappa shape index (κ3) is 5.78. The average molecular weight is 397 g/mol. The molecule has 0 unspecified atom stereocenters. The number of carboxylic acids is 1. The Kier molecular flexibility index (Phi) is 6.94. The third-order valence-electron chi connectivity index (χ3n) is 3.83. The molecule has 0 aliphatic carbocycles. The summed E-state index contributed by atoms with van der Waals surface area (Å²) in [5.74, 6) is 0.165. The van der Waals surface area contributed by atoms with E-state index >= 15 is 0 Å². The van der Waals surface area contributed by atoms with Crippen LogP contribution in [0.25, 0.3) is 0 Å². The third-order valence-corrected chi connectivity index (χ3v) is 5.67. The SMILES string of the molecule is Cc1ocnc1CCOc1ccc(CN(CC(=O)O)S(=O)(=O)N(C)C)cc1. The maximum atomic E-state index is 12.3. The maximum absolute atomic E-state index is 12.3. The number of carboxylic acid groups (broad SMARTS) is 1. The standard InChI is InChI=1S/C17H23N3O6S/c1-13-16(18-12-26-13)8-9-25-15-6-4-14(5-7-15)10-20(11-17(21)22)27(23,24)19(2)3/h4-7,12H,8-11H2,1-3H3,(H,21,22). The van der Waals surface area contributed by atoms with Crippen molar-refractivity contribution in [3.63, 3.8) is 0 Å². The molecule has 10 heteroatoms. The molecule has 2 aromatic rings. The molecule has 0 atom stereocenters. The molecule has 0 aliphatic heterocycles. The lowest BCUT2D eigenvalue weighted by molar-refractivity contribution is -0.137. The zero-order valence-electron chi connectivity index (χ0n) is 15.5. The molecular weight excluding hydrogens is 374 g/mol. The Morgan fingerprint density at radius 2 is 1.93 bits per heavy atom. The van der Waals surface area contributed by atoms with E-state index in [2.05, 4.69) is 4.98 Å². The quantitative estimate of drug-likeness (QED) is 0.643. The van der Waals surface area contributed by atoms with E-state index < -0.39 is 22.7 Å². The van der Waals surface area contributed by atoms with E-state index in [1.165, 1.54) is 20.5 Å². The Bertz CT molecular complexity index is 861. The number of oxazole rings is 1. The Labute approximate surface area is 158 Å². The normalized spacial score (nSPS) is 11.9. The average Bonchev–Trinajstić information content (AvgIpc) is 3.00. The zero-order chi connectivity index (χ0) is 20.0. The van der Waals surface area contributed by atoms with Gasteiger partial charge in [-0.3, -0.25) is 4.79 Å². The Morgan fingerprint density at radius 1 is 1.26 bits per heavy atom. The second kappa shape index (κ2) is 8.98. The molecule has 1 aromatic heterocycles. The molecule has 27 heavy (non-hydrogen) atoms. The topological polar surface area (TPSA) is 113 Å². The number of hydrogen-bond donors (Lipinski definition) is 1. The first-order valence-electron chi connectivity index (χ1n) is 8.20. The summed E-state index contributed by atoms with van der Waals surface area (Å²) in [6.45, 7) is 1.59. The zero-order valence-corrected chi connectivity index (χ0v) is 16.3. The van der Waals surface area contributed by atoms with Gasteiger partial charge in [-0.1, -0.05) is 12.1 Å². The minimum absolute atomic E-state index is 0.0504. The van der Waals surface area contributed by atoms with Crippen LogP contribution in [0.2, 0.25) is 0 Å². The highest BCUT2D eigenvalue weighted by molar-refractivity contribution is 7.86. The summed E-state index contributed by atoms with van der Waals surface area (Å²) in [7, 11) is -1.13. The first kappa shape index (κ1) is 20.9. The van der Waals surface area contributed by atoms with Gasteiger partial charge in [0.2, 0.25) is 0 Å². The van der Waals surface area contributed by atoms with Crippen molar-refractivity contribution in [1.82, 2.24) is 13.6 Å². The number of ether oxygens (including phenoxy) is 1. The fourth-order valence-electron chi connectivity index (χ4n) is 2.33. The predicted octanol–water partition coefficient (Wildman–Crippen LogP) is 1.30. The number of aromatic nitrogens is 1. The molecule has 0 amide bonds. The number of rotatable bonds is 10. The monoisotopic (exact) mass is 397 g/mol. The number of benzene rings is 1. The molecule has 1 heterocycles. The molecule has 1 aromatic carbocycles. The molecule has 9 nitrogen and oxygen atoms in total. The van der Waals surface area contributed by atoms with Crippen LogP contribution in [0.15, 0.2) is 35.1 Å². The molecule has 0 saturated heterocycles. The lowest BCUT2D eigenvalue weighted by atomic mass is 10.2. The highest BCUT2D eigenvalue weighted by atomic mass is 32.2. The summed E-state index contributed by atoms with van der Waals surface area (Å²) in [4.78, 5) is 15.1. The van der Waals surface area contributed by atoms with Gasteiger partial charge in [0.05, 0.1) is 12.3 Å². The maximum Gasteiger partial charge on any atom is 0.318 e. The second-order valence-corrected chi connectivity index (χ2v) is 8.19. The molecule has 0 fully saturated rings. The molecule has 0 spiro atoms. The number of carbonyl (C=O) groups is 1. The first-order chi connectivity index (χ1) is 12.7. The van der Waals surface area contributed by atoms with E-state index in [1.807, 2.05) is 6.92 Å². The van der Waals surface area contributed by atoms with E-state index in [0.717, 1.165) is 20.1 Å². The van der Waals surface area contributed by atoms with Crippen molar-refractivity contribution in [3.8, 4) is 5.75 Å². The van der Waals surface area contributed by atoms with Crippen LogP contribution in [0.5, 0.6) is 5.75 Å². The summed E-state index contributed by atoms with van der Waals surface area (Å²) in [5, 5.41) is 8.99. The van der Waals surface area contributed by atoms with Crippen molar-refractivity contribution in [3.05, 3.63) is 47.7 Å². The van der Waals surface area contributed by atoms with Crippen LogP contribution >= 0.6 is 0 Å². The van der Waals surface area contributed by atoms with Crippen LogP contribution < -0.4 is 4.74 Å². The van der Waals surface area contributed by atoms with E-state index in [0.29, 0.717) is 24.3 Å². The number of hydrogen-bond acceptors (Lipinski definition) is 6. The Morgan fingerprint density at radius 3 is 2.44 bits per heavy atom. The highest BCUT2D eigenvalue weighted by Gasteiger charge is 2.26. The summed E-state index contributed by atoms with van der Waals surface area (Å²) in [6, 6.07) is 6.84. The van der Waals surface area contributed by atoms with E-state index in [9.17, 15) is 13.2 Å². The molecule has 0 saturated carbocycles. The van der Waals surface area contributed by atoms with Crippen molar-refractivity contribution >= 4 is 16.2 Å². The van der Waals surface area contributed by atoms with Gasteiger partial charge in [-0.2, -0.15) is 17.0 Å². The number of aliphatic carboxylic acids is 1. The van der Waals surface area contributed by atoms with Gasteiger partial charge in [-0.05, 0) is 24.6 Å². The smallest absolute Gasteiger partial charge is 0.318 e. The number of aryl methyl sites for hydroxylation is 1. The van der Waals surface area contributed by atoms with Crippen molar-refractivity contribution in [2.24, 2.45) is 0 Å². The molecule has 2 rings (SSSR count). The van der Waals surface area contributed by atoms with E-state index in [1.54, 1.807) is 24.3 Å². The van der Waals surface area contributed by atoms with Crippen LogP contribution in [0.3, 0.4) is 0 Å². The van der Waals surface area contributed by atoms with Gasteiger partial charge in [-0.15, -0.1) is 0 Å². The van der Waals surface area contributed by atoms with Crippen molar-refractivity contribution in [2.45, 2.75) is 19.9 Å².